The fourth-order valence-electron chi connectivity index (χ4n) is 1.55. The van der Waals surface area contributed by atoms with Crippen LogP contribution in [0.3, 0.4) is 0 Å². The highest BCUT2D eigenvalue weighted by atomic mass is 16.2. The quantitative estimate of drug-likeness (QED) is 0.689. The second-order valence-corrected chi connectivity index (χ2v) is 4.01. The highest BCUT2D eigenvalue weighted by molar-refractivity contribution is 5.95. The van der Waals surface area contributed by atoms with Crippen molar-refractivity contribution >= 4 is 17.5 Å². The largest absolute Gasteiger partial charge is 0.337 e. The molecule has 5 nitrogen and oxygen atoms in total. The number of carbonyl (C=O) groups is 2. The van der Waals surface area contributed by atoms with Crippen molar-refractivity contribution in [3.05, 3.63) is 29.8 Å². The minimum Gasteiger partial charge on any atom is -0.337 e. The molecule has 0 heterocycles. The van der Waals surface area contributed by atoms with Crippen molar-refractivity contribution < 1.29 is 9.59 Å². The van der Waals surface area contributed by atoms with E-state index in [9.17, 15) is 9.59 Å². The number of rotatable bonds is 5. The van der Waals surface area contributed by atoms with Crippen molar-refractivity contribution in [3.8, 4) is 0 Å². The molecule has 0 fully saturated rings. The van der Waals surface area contributed by atoms with E-state index in [0.717, 1.165) is 6.54 Å². The van der Waals surface area contributed by atoms with Crippen molar-refractivity contribution in [1.82, 2.24) is 10.6 Å². The van der Waals surface area contributed by atoms with Crippen LogP contribution in [-0.4, -0.2) is 24.5 Å². The van der Waals surface area contributed by atoms with Crippen LogP contribution in [-0.2, 0) is 4.79 Å². The van der Waals surface area contributed by atoms with Gasteiger partial charge in [-0.15, -0.1) is 0 Å². The summed E-state index contributed by atoms with van der Waals surface area (Å²) in [5, 5.41) is 8.56. The summed E-state index contributed by atoms with van der Waals surface area (Å²) in [4.78, 5) is 22.7. The van der Waals surface area contributed by atoms with Crippen LogP contribution in [0.25, 0.3) is 0 Å². The molecule has 5 heteroatoms. The Labute approximate surface area is 107 Å². The standard InChI is InChI=1S/C13H19N3O2/c1-4-14-9(2)15-13(18)11-5-7-12(8-6-11)16-10(3)17/h5-9,14H,4H2,1-3H3,(H,15,18)(H,16,17). The van der Waals surface area contributed by atoms with E-state index >= 15 is 0 Å². The van der Waals surface area contributed by atoms with Gasteiger partial charge in [-0.05, 0) is 37.7 Å². The molecule has 1 atom stereocenters. The van der Waals surface area contributed by atoms with E-state index in [4.69, 9.17) is 0 Å². The average Bonchev–Trinajstić information content (AvgIpc) is 2.29. The van der Waals surface area contributed by atoms with Gasteiger partial charge >= 0.3 is 0 Å². The highest BCUT2D eigenvalue weighted by Gasteiger charge is 2.08. The van der Waals surface area contributed by atoms with E-state index in [0.29, 0.717) is 11.3 Å². The molecule has 1 rings (SSSR count). The fraction of sp³-hybridized carbons (Fsp3) is 0.385. The summed E-state index contributed by atoms with van der Waals surface area (Å²) in [6.07, 6.45) is -0.0717. The van der Waals surface area contributed by atoms with Crippen LogP contribution in [0.15, 0.2) is 24.3 Å². The summed E-state index contributed by atoms with van der Waals surface area (Å²) in [6, 6.07) is 6.76. The van der Waals surface area contributed by atoms with E-state index in [1.165, 1.54) is 6.92 Å². The first-order valence-electron chi connectivity index (χ1n) is 5.94. The Morgan fingerprint density at radius 3 is 2.33 bits per heavy atom. The van der Waals surface area contributed by atoms with Crippen molar-refractivity contribution in [2.24, 2.45) is 0 Å². The van der Waals surface area contributed by atoms with Crippen LogP contribution in [0, 0.1) is 0 Å². The maximum absolute atomic E-state index is 11.8. The van der Waals surface area contributed by atoms with Gasteiger partial charge < -0.3 is 10.6 Å². The Morgan fingerprint density at radius 2 is 1.83 bits per heavy atom. The molecule has 98 valence electrons. The summed E-state index contributed by atoms with van der Waals surface area (Å²) in [7, 11) is 0. The summed E-state index contributed by atoms with van der Waals surface area (Å²) in [6.45, 7) is 6.10. The van der Waals surface area contributed by atoms with Crippen LogP contribution in [0.4, 0.5) is 5.69 Å². The number of nitrogens with one attached hydrogen (secondary N) is 3. The van der Waals surface area contributed by atoms with Crippen LogP contribution < -0.4 is 16.0 Å². The van der Waals surface area contributed by atoms with Gasteiger partial charge in [0.15, 0.2) is 0 Å². The summed E-state index contributed by atoms with van der Waals surface area (Å²) in [5.41, 5.74) is 1.24. The number of anilines is 1. The third-order valence-electron chi connectivity index (χ3n) is 2.33. The number of benzene rings is 1. The number of hydrogen-bond acceptors (Lipinski definition) is 3. The van der Waals surface area contributed by atoms with Gasteiger partial charge in [0.1, 0.15) is 0 Å². The van der Waals surface area contributed by atoms with Crippen molar-refractivity contribution in [2.75, 3.05) is 11.9 Å². The molecule has 0 aliphatic heterocycles. The molecule has 0 aliphatic rings. The van der Waals surface area contributed by atoms with Gasteiger partial charge in [0.05, 0.1) is 6.17 Å². The van der Waals surface area contributed by atoms with Crippen molar-refractivity contribution in [1.29, 1.82) is 0 Å². The van der Waals surface area contributed by atoms with Crippen molar-refractivity contribution in [3.63, 3.8) is 0 Å². The lowest BCUT2D eigenvalue weighted by molar-refractivity contribution is -0.114. The zero-order valence-electron chi connectivity index (χ0n) is 10.9. The Balaban J connectivity index is 2.61. The van der Waals surface area contributed by atoms with Gasteiger partial charge in [-0.2, -0.15) is 0 Å². The zero-order chi connectivity index (χ0) is 13.5. The van der Waals surface area contributed by atoms with Crippen LogP contribution >= 0.6 is 0 Å². The molecule has 1 unspecified atom stereocenters. The minimum atomic E-state index is -0.141. The number of amides is 2. The second-order valence-electron chi connectivity index (χ2n) is 4.01. The predicted molar refractivity (Wildman–Crippen MR) is 71.4 cm³/mol. The highest BCUT2D eigenvalue weighted by Crippen LogP contribution is 2.09. The predicted octanol–water partition coefficient (Wildman–Crippen LogP) is 1.33. The Kier molecular flexibility index (Phi) is 5.32. The lowest BCUT2D eigenvalue weighted by Crippen LogP contribution is -2.42. The first-order valence-corrected chi connectivity index (χ1v) is 5.94. The van der Waals surface area contributed by atoms with Crippen LogP contribution in [0.1, 0.15) is 31.1 Å². The summed E-state index contributed by atoms with van der Waals surface area (Å²) < 4.78 is 0. The molecule has 0 saturated heterocycles. The molecule has 1 aromatic carbocycles. The molecule has 0 saturated carbocycles. The third-order valence-corrected chi connectivity index (χ3v) is 2.33. The molecule has 0 aromatic heterocycles. The van der Waals surface area contributed by atoms with Gasteiger partial charge in [0.2, 0.25) is 5.91 Å². The Hall–Kier alpha value is -1.88. The molecule has 0 spiro atoms. The van der Waals surface area contributed by atoms with Gasteiger partial charge in [0.25, 0.3) is 5.91 Å². The number of hydrogen-bond donors (Lipinski definition) is 3. The zero-order valence-corrected chi connectivity index (χ0v) is 10.9. The van der Waals surface area contributed by atoms with E-state index in [1.54, 1.807) is 24.3 Å². The monoisotopic (exact) mass is 249 g/mol. The molecule has 3 N–H and O–H groups in total. The maximum atomic E-state index is 11.8. The number of carbonyl (C=O) groups excluding carboxylic acids is 2. The van der Waals surface area contributed by atoms with E-state index < -0.39 is 0 Å². The Bertz CT molecular complexity index is 415. The lowest BCUT2D eigenvalue weighted by Gasteiger charge is -2.14. The van der Waals surface area contributed by atoms with Gasteiger partial charge in [-0.25, -0.2) is 0 Å². The van der Waals surface area contributed by atoms with Crippen LogP contribution in [0.2, 0.25) is 0 Å². The SMILES string of the molecule is CCNC(C)NC(=O)c1ccc(NC(C)=O)cc1. The smallest absolute Gasteiger partial charge is 0.252 e. The molecule has 0 radical (unpaired) electrons. The lowest BCUT2D eigenvalue weighted by atomic mass is 10.2. The third kappa shape index (κ3) is 4.55. The average molecular weight is 249 g/mol. The molecule has 1 aromatic rings. The maximum Gasteiger partial charge on any atom is 0.252 e. The van der Waals surface area contributed by atoms with E-state index in [-0.39, 0.29) is 18.0 Å². The molecular weight excluding hydrogens is 230 g/mol. The fourth-order valence-corrected chi connectivity index (χ4v) is 1.55. The minimum absolute atomic E-state index is 0.0717. The summed E-state index contributed by atoms with van der Waals surface area (Å²) >= 11 is 0. The van der Waals surface area contributed by atoms with Gasteiger partial charge in [-0.1, -0.05) is 6.92 Å². The van der Waals surface area contributed by atoms with Crippen LogP contribution in [0.5, 0.6) is 0 Å². The molecular formula is C13H19N3O2. The molecule has 0 aliphatic carbocycles. The topological polar surface area (TPSA) is 70.2 Å². The van der Waals surface area contributed by atoms with E-state index in [2.05, 4.69) is 16.0 Å². The first kappa shape index (κ1) is 14.2. The van der Waals surface area contributed by atoms with Gasteiger partial charge in [-0.3, -0.25) is 14.9 Å². The normalized spacial score (nSPS) is 11.7. The van der Waals surface area contributed by atoms with Gasteiger partial charge in [0, 0.05) is 18.2 Å². The molecule has 2 amide bonds. The van der Waals surface area contributed by atoms with Crippen molar-refractivity contribution in [2.45, 2.75) is 26.9 Å². The second kappa shape index (κ2) is 6.76. The Morgan fingerprint density at radius 1 is 1.22 bits per heavy atom. The first-order chi connectivity index (χ1) is 8.52. The molecule has 0 bridgehead atoms. The summed E-state index contributed by atoms with van der Waals surface area (Å²) in [5.74, 6) is -0.272. The molecule has 18 heavy (non-hydrogen) atoms. The van der Waals surface area contributed by atoms with E-state index in [1.807, 2.05) is 13.8 Å².